The third-order valence-corrected chi connectivity index (χ3v) is 3.97. The van der Waals surface area contributed by atoms with Gasteiger partial charge in [-0.25, -0.2) is 0 Å². The molecule has 0 bridgehead atoms. The molecule has 0 fully saturated rings. The maximum atomic E-state index is 12.6. The second kappa shape index (κ2) is 7.45. The summed E-state index contributed by atoms with van der Waals surface area (Å²) >= 11 is 0. The monoisotopic (exact) mass is 329 g/mol. The molecule has 3 aromatic carbocycles. The normalized spacial score (nSPS) is 10.2. The Balaban J connectivity index is 1.75. The number of amides is 1. The number of nitrogen functional groups attached to an aromatic ring is 1. The number of rotatable bonds is 5. The Kier molecular flexibility index (Phi) is 4.90. The van der Waals surface area contributed by atoms with Gasteiger partial charge in [-0.3, -0.25) is 10.2 Å². The predicted molar refractivity (Wildman–Crippen MR) is 101 cm³/mol. The van der Waals surface area contributed by atoms with E-state index in [1.54, 1.807) is 12.1 Å². The summed E-state index contributed by atoms with van der Waals surface area (Å²) in [4.78, 5) is 12.6. The van der Waals surface area contributed by atoms with Crippen LogP contribution in [-0.2, 0) is 6.54 Å². The lowest BCUT2D eigenvalue weighted by Gasteiger charge is -2.11. The van der Waals surface area contributed by atoms with Crippen LogP contribution in [0.15, 0.2) is 78.9 Å². The largest absolute Gasteiger partial charge is 0.384 e. The van der Waals surface area contributed by atoms with E-state index >= 15 is 0 Å². The van der Waals surface area contributed by atoms with Crippen LogP contribution in [-0.4, -0.2) is 11.7 Å². The number of nitrogens with two attached hydrogens (primary N) is 1. The molecule has 4 heteroatoms. The van der Waals surface area contributed by atoms with Gasteiger partial charge in [0.25, 0.3) is 5.91 Å². The van der Waals surface area contributed by atoms with Crippen molar-refractivity contribution in [1.29, 1.82) is 5.41 Å². The van der Waals surface area contributed by atoms with Gasteiger partial charge in [-0.2, -0.15) is 0 Å². The summed E-state index contributed by atoms with van der Waals surface area (Å²) in [6, 6.07) is 24.7. The summed E-state index contributed by atoms with van der Waals surface area (Å²) in [5, 5.41) is 10.4. The summed E-state index contributed by atoms with van der Waals surface area (Å²) in [5.41, 5.74) is 9.64. The van der Waals surface area contributed by atoms with Gasteiger partial charge in [-0.1, -0.05) is 72.8 Å². The Bertz CT molecular complexity index is 887. The van der Waals surface area contributed by atoms with E-state index in [0.717, 1.165) is 16.7 Å². The Morgan fingerprint density at radius 2 is 1.52 bits per heavy atom. The molecule has 4 N–H and O–H groups in total. The molecule has 0 saturated heterocycles. The fourth-order valence-corrected chi connectivity index (χ4v) is 2.63. The summed E-state index contributed by atoms with van der Waals surface area (Å²) in [6.45, 7) is 0.417. The molecule has 4 nitrogen and oxygen atoms in total. The Labute approximate surface area is 146 Å². The molecule has 0 unspecified atom stereocenters. The van der Waals surface area contributed by atoms with E-state index < -0.39 is 0 Å². The standard InChI is InChI=1S/C21H19N3O/c22-20(23)17-12-10-15(11-13-17)14-24-21(25)19-9-5-4-8-18(19)16-6-2-1-3-7-16/h1-13H,14H2,(H3,22,23)(H,24,25). The highest BCUT2D eigenvalue weighted by Crippen LogP contribution is 2.23. The second-order valence-electron chi connectivity index (χ2n) is 5.70. The van der Waals surface area contributed by atoms with Gasteiger partial charge in [-0.15, -0.1) is 0 Å². The number of nitrogens with one attached hydrogen (secondary N) is 2. The molecule has 0 saturated carbocycles. The fourth-order valence-electron chi connectivity index (χ4n) is 2.63. The topological polar surface area (TPSA) is 79.0 Å². The van der Waals surface area contributed by atoms with Crippen LogP contribution in [0.5, 0.6) is 0 Å². The molecule has 1 amide bonds. The molecule has 0 heterocycles. The maximum absolute atomic E-state index is 12.6. The Morgan fingerprint density at radius 3 is 2.20 bits per heavy atom. The predicted octanol–water partition coefficient (Wildman–Crippen LogP) is 3.57. The lowest BCUT2D eigenvalue weighted by atomic mass is 9.99. The van der Waals surface area contributed by atoms with Crippen LogP contribution in [0.3, 0.4) is 0 Å². The van der Waals surface area contributed by atoms with Crippen molar-refractivity contribution >= 4 is 11.7 Å². The van der Waals surface area contributed by atoms with Gasteiger partial charge in [0.1, 0.15) is 5.84 Å². The van der Waals surface area contributed by atoms with Crippen molar-refractivity contribution in [3.05, 3.63) is 95.6 Å². The molecule has 0 aromatic heterocycles. The zero-order chi connectivity index (χ0) is 17.6. The molecule has 3 rings (SSSR count). The molecule has 0 spiro atoms. The van der Waals surface area contributed by atoms with Crippen molar-refractivity contribution in [3.8, 4) is 11.1 Å². The highest BCUT2D eigenvalue weighted by molar-refractivity contribution is 6.00. The van der Waals surface area contributed by atoms with Crippen molar-refractivity contribution in [3.63, 3.8) is 0 Å². The van der Waals surface area contributed by atoms with Crippen LogP contribution < -0.4 is 11.1 Å². The van der Waals surface area contributed by atoms with Crippen LogP contribution in [0.1, 0.15) is 21.5 Å². The van der Waals surface area contributed by atoms with E-state index in [1.165, 1.54) is 0 Å². The summed E-state index contributed by atoms with van der Waals surface area (Å²) in [7, 11) is 0. The van der Waals surface area contributed by atoms with Crippen molar-refractivity contribution < 1.29 is 4.79 Å². The Morgan fingerprint density at radius 1 is 0.880 bits per heavy atom. The van der Waals surface area contributed by atoms with Crippen LogP contribution in [0, 0.1) is 5.41 Å². The van der Waals surface area contributed by atoms with Crippen molar-refractivity contribution in [2.75, 3.05) is 0 Å². The van der Waals surface area contributed by atoms with E-state index in [4.69, 9.17) is 11.1 Å². The first-order chi connectivity index (χ1) is 12.1. The zero-order valence-electron chi connectivity index (χ0n) is 13.7. The summed E-state index contributed by atoms with van der Waals surface area (Å²) in [5.74, 6) is -0.0810. The highest BCUT2D eigenvalue weighted by atomic mass is 16.1. The van der Waals surface area contributed by atoms with Crippen LogP contribution >= 0.6 is 0 Å². The molecule has 0 atom stereocenters. The molecular formula is C21H19N3O. The van der Waals surface area contributed by atoms with Crippen molar-refractivity contribution in [1.82, 2.24) is 5.32 Å². The minimum absolute atomic E-state index is 0.0346. The lowest BCUT2D eigenvalue weighted by Crippen LogP contribution is -2.23. The molecule has 0 radical (unpaired) electrons. The van der Waals surface area contributed by atoms with Gasteiger partial charge in [0.15, 0.2) is 0 Å². The van der Waals surface area contributed by atoms with Gasteiger partial charge in [0, 0.05) is 17.7 Å². The first kappa shape index (κ1) is 16.5. The summed E-state index contributed by atoms with van der Waals surface area (Å²) < 4.78 is 0. The molecule has 0 aliphatic rings. The molecule has 124 valence electrons. The minimum Gasteiger partial charge on any atom is -0.384 e. The number of amidine groups is 1. The van der Waals surface area contributed by atoms with Gasteiger partial charge in [-0.05, 0) is 22.8 Å². The van der Waals surface area contributed by atoms with Crippen molar-refractivity contribution in [2.45, 2.75) is 6.54 Å². The molecule has 0 aliphatic heterocycles. The average molecular weight is 329 g/mol. The summed E-state index contributed by atoms with van der Waals surface area (Å²) in [6.07, 6.45) is 0. The van der Waals surface area contributed by atoms with Crippen LogP contribution in [0.2, 0.25) is 0 Å². The second-order valence-corrected chi connectivity index (χ2v) is 5.70. The average Bonchev–Trinajstić information content (AvgIpc) is 2.67. The van der Waals surface area contributed by atoms with E-state index in [1.807, 2.05) is 66.7 Å². The first-order valence-corrected chi connectivity index (χ1v) is 8.01. The van der Waals surface area contributed by atoms with E-state index in [0.29, 0.717) is 17.7 Å². The fraction of sp³-hybridized carbons (Fsp3) is 0.0476. The lowest BCUT2D eigenvalue weighted by molar-refractivity contribution is 0.0951. The smallest absolute Gasteiger partial charge is 0.252 e. The van der Waals surface area contributed by atoms with Gasteiger partial charge >= 0.3 is 0 Å². The highest BCUT2D eigenvalue weighted by Gasteiger charge is 2.11. The number of carbonyl (C=O) groups excluding carboxylic acids is 1. The van der Waals surface area contributed by atoms with Crippen molar-refractivity contribution in [2.24, 2.45) is 5.73 Å². The number of hydrogen-bond donors (Lipinski definition) is 3. The van der Waals surface area contributed by atoms with Crippen LogP contribution in [0.25, 0.3) is 11.1 Å². The van der Waals surface area contributed by atoms with Crippen LogP contribution in [0.4, 0.5) is 0 Å². The quantitative estimate of drug-likeness (QED) is 0.494. The third-order valence-electron chi connectivity index (χ3n) is 3.97. The Hall–Kier alpha value is -3.40. The third kappa shape index (κ3) is 3.93. The number of benzene rings is 3. The molecule has 0 aliphatic carbocycles. The van der Waals surface area contributed by atoms with E-state index in [-0.39, 0.29) is 11.7 Å². The molecular weight excluding hydrogens is 310 g/mol. The molecule has 25 heavy (non-hydrogen) atoms. The first-order valence-electron chi connectivity index (χ1n) is 8.01. The van der Waals surface area contributed by atoms with E-state index in [2.05, 4.69) is 5.32 Å². The SMILES string of the molecule is N=C(N)c1ccc(CNC(=O)c2ccccc2-c2ccccc2)cc1. The molecule has 3 aromatic rings. The van der Waals surface area contributed by atoms with Gasteiger partial charge in [0.2, 0.25) is 0 Å². The van der Waals surface area contributed by atoms with Gasteiger partial charge < -0.3 is 11.1 Å². The maximum Gasteiger partial charge on any atom is 0.252 e. The number of hydrogen-bond acceptors (Lipinski definition) is 2. The van der Waals surface area contributed by atoms with E-state index in [9.17, 15) is 4.79 Å². The minimum atomic E-state index is -0.116. The van der Waals surface area contributed by atoms with Gasteiger partial charge in [0.05, 0.1) is 0 Å². The number of carbonyl (C=O) groups is 1. The zero-order valence-corrected chi connectivity index (χ0v) is 13.7.